The van der Waals surface area contributed by atoms with Gasteiger partial charge in [0.05, 0.1) is 5.92 Å². The van der Waals surface area contributed by atoms with E-state index in [1.165, 1.54) is 0 Å². The Kier molecular flexibility index (Phi) is 6.09. The van der Waals surface area contributed by atoms with Crippen LogP contribution in [-0.2, 0) is 9.53 Å². The summed E-state index contributed by atoms with van der Waals surface area (Å²) in [6, 6.07) is 7.71. The van der Waals surface area contributed by atoms with Gasteiger partial charge in [-0.3, -0.25) is 9.59 Å². The average molecular weight is 346 g/mol. The van der Waals surface area contributed by atoms with Crippen molar-refractivity contribution in [2.24, 2.45) is 5.92 Å². The van der Waals surface area contributed by atoms with Crippen LogP contribution in [0.5, 0.6) is 0 Å². The summed E-state index contributed by atoms with van der Waals surface area (Å²) in [6.45, 7) is 5.66. The van der Waals surface area contributed by atoms with Crippen molar-refractivity contribution in [2.75, 3.05) is 19.0 Å². The lowest BCUT2D eigenvalue weighted by Gasteiger charge is -2.30. The first-order valence-electron chi connectivity index (χ1n) is 8.97. The zero-order valence-corrected chi connectivity index (χ0v) is 16.0. The third kappa shape index (κ3) is 5.76. The third-order valence-corrected chi connectivity index (χ3v) is 4.43. The molecule has 5 nitrogen and oxygen atoms in total. The Morgan fingerprint density at radius 2 is 1.76 bits per heavy atom. The van der Waals surface area contributed by atoms with Crippen molar-refractivity contribution >= 4 is 17.6 Å². The Morgan fingerprint density at radius 1 is 1.12 bits per heavy atom. The first kappa shape index (κ1) is 19.3. The molecule has 1 saturated carbocycles. The fourth-order valence-corrected chi connectivity index (χ4v) is 3.05. The SMILES string of the molecule is CN(C)c1cccc(C(=O)NC2CCC(C(=O)OC(C)(C)C)CC2)c1. The Morgan fingerprint density at radius 3 is 2.32 bits per heavy atom. The van der Waals surface area contributed by atoms with Gasteiger partial charge in [-0.1, -0.05) is 6.07 Å². The average Bonchev–Trinajstić information content (AvgIpc) is 2.54. The number of hydrogen-bond acceptors (Lipinski definition) is 4. The Balaban J connectivity index is 1.86. The summed E-state index contributed by atoms with van der Waals surface area (Å²) in [5, 5.41) is 3.10. The number of rotatable bonds is 4. The highest BCUT2D eigenvalue weighted by atomic mass is 16.6. The third-order valence-electron chi connectivity index (χ3n) is 4.43. The van der Waals surface area contributed by atoms with Gasteiger partial charge in [-0.2, -0.15) is 0 Å². The van der Waals surface area contributed by atoms with E-state index in [2.05, 4.69) is 5.32 Å². The molecule has 2 rings (SSSR count). The molecule has 1 aromatic carbocycles. The second-order valence-electron chi connectivity index (χ2n) is 8.00. The standard InChI is InChI=1S/C20H30N2O3/c1-20(2,3)25-19(24)14-9-11-16(12-10-14)21-18(23)15-7-6-8-17(13-15)22(4)5/h6-8,13-14,16H,9-12H2,1-5H3,(H,21,23). The van der Waals surface area contributed by atoms with Gasteiger partial charge >= 0.3 is 5.97 Å². The fourth-order valence-electron chi connectivity index (χ4n) is 3.05. The molecule has 0 spiro atoms. The van der Waals surface area contributed by atoms with Crippen LogP contribution >= 0.6 is 0 Å². The topological polar surface area (TPSA) is 58.6 Å². The first-order chi connectivity index (χ1) is 11.7. The molecule has 1 aliphatic carbocycles. The highest BCUT2D eigenvalue weighted by Crippen LogP contribution is 2.27. The minimum Gasteiger partial charge on any atom is -0.460 e. The summed E-state index contributed by atoms with van der Waals surface area (Å²) >= 11 is 0. The Labute approximate surface area is 150 Å². The number of esters is 1. The number of nitrogens with one attached hydrogen (secondary N) is 1. The molecule has 5 heteroatoms. The minimum absolute atomic E-state index is 0.0514. The number of anilines is 1. The van der Waals surface area contributed by atoms with Gasteiger partial charge < -0.3 is 15.0 Å². The van der Waals surface area contributed by atoms with Crippen LogP contribution in [0.4, 0.5) is 5.69 Å². The lowest BCUT2D eigenvalue weighted by Crippen LogP contribution is -2.39. The van der Waals surface area contributed by atoms with Gasteiger partial charge in [0.2, 0.25) is 0 Å². The van der Waals surface area contributed by atoms with Crippen molar-refractivity contribution in [3.8, 4) is 0 Å². The molecule has 1 fully saturated rings. The van der Waals surface area contributed by atoms with E-state index in [9.17, 15) is 9.59 Å². The van der Waals surface area contributed by atoms with E-state index in [-0.39, 0.29) is 23.8 Å². The van der Waals surface area contributed by atoms with Crippen LogP contribution in [0.1, 0.15) is 56.8 Å². The van der Waals surface area contributed by atoms with Crippen LogP contribution in [-0.4, -0.2) is 37.6 Å². The maximum atomic E-state index is 12.5. The molecule has 0 unspecified atom stereocenters. The molecule has 138 valence electrons. The molecule has 0 aromatic heterocycles. The summed E-state index contributed by atoms with van der Waals surface area (Å²) in [5.74, 6) is -0.218. The molecule has 1 N–H and O–H groups in total. The van der Waals surface area contributed by atoms with Crippen LogP contribution in [0, 0.1) is 5.92 Å². The Bertz CT molecular complexity index is 612. The van der Waals surface area contributed by atoms with E-state index in [1.807, 2.05) is 64.0 Å². The lowest BCUT2D eigenvalue weighted by molar-refractivity contribution is -0.161. The maximum absolute atomic E-state index is 12.5. The predicted octanol–water partition coefficient (Wildman–Crippen LogP) is 3.38. The largest absolute Gasteiger partial charge is 0.460 e. The van der Waals surface area contributed by atoms with Crippen molar-refractivity contribution < 1.29 is 14.3 Å². The summed E-state index contributed by atoms with van der Waals surface area (Å²) in [7, 11) is 3.91. The van der Waals surface area contributed by atoms with Gasteiger partial charge in [0, 0.05) is 31.4 Å². The van der Waals surface area contributed by atoms with Crippen LogP contribution in [0.3, 0.4) is 0 Å². The van der Waals surface area contributed by atoms with E-state index in [4.69, 9.17) is 4.74 Å². The number of benzene rings is 1. The van der Waals surface area contributed by atoms with Crippen LogP contribution in [0.25, 0.3) is 0 Å². The number of carbonyl (C=O) groups excluding carboxylic acids is 2. The highest BCUT2D eigenvalue weighted by Gasteiger charge is 2.30. The second kappa shape index (κ2) is 7.89. The van der Waals surface area contributed by atoms with Crippen molar-refractivity contribution in [1.82, 2.24) is 5.32 Å². The van der Waals surface area contributed by atoms with Gasteiger partial charge in [0.25, 0.3) is 5.91 Å². The van der Waals surface area contributed by atoms with Crippen molar-refractivity contribution in [2.45, 2.75) is 58.1 Å². The summed E-state index contributed by atoms with van der Waals surface area (Å²) < 4.78 is 5.47. The van der Waals surface area contributed by atoms with Crippen LogP contribution in [0.15, 0.2) is 24.3 Å². The van der Waals surface area contributed by atoms with E-state index in [1.54, 1.807) is 0 Å². The Hall–Kier alpha value is -2.04. The number of hydrogen-bond donors (Lipinski definition) is 1. The smallest absolute Gasteiger partial charge is 0.309 e. The summed E-state index contributed by atoms with van der Waals surface area (Å²) in [5.41, 5.74) is 1.22. The first-order valence-corrected chi connectivity index (χ1v) is 8.97. The molecule has 0 atom stereocenters. The zero-order valence-electron chi connectivity index (χ0n) is 16.0. The predicted molar refractivity (Wildman–Crippen MR) is 99.8 cm³/mol. The van der Waals surface area contributed by atoms with Gasteiger partial charge in [0.1, 0.15) is 5.60 Å². The molecule has 25 heavy (non-hydrogen) atoms. The van der Waals surface area contributed by atoms with Gasteiger partial charge in [-0.25, -0.2) is 0 Å². The number of carbonyl (C=O) groups is 2. The molecular weight excluding hydrogens is 316 g/mol. The van der Waals surface area contributed by atoms with Gasteiger partial charge in [0.15, 0.2) is 0 Å². The van der Waals surface area contributed by atoms with Crippen molar-refractivity contribution in [1.29, 1.82) is 0 Å². The molecule has 0 aliphatic heterocycles. The molecule has 0 saturated heterocycles. The molecule has 1 aliphatic rings. The van der Waals surface area contributed by atoms with Crippen LogP contribution < -0.4 is 10.2 Å². The normalized spacial score (nSPS) is 20.7. The van der Waals surface area contributed by atoms with Crippen LogP contribution in [0.2, 0.25) is 0 Å². The number of amides is 1. The van der Waals surface area contributed by atoms with Crippen molar-refractivity contribution in [3.63, 3.8) is 0 Å². The van der Waals surface area contributed by atoms with E-state index in [0.29, 0.717) is 5.56 Å². The monoisotopic (exact) mass is 346 g/mol. The van der Waals surface area contributed by atoms with E-state index in [0.717, 1.165) is 31.4 Å². The lowest BCUT2D eigenvalue weighted by atomic mass is 9.86. The molecule has 1 amide bonds. The number of ether oxygens (including phenoxy) is 1. The second-order valence-corrected chi connectivity index (χ2v) is 8.00. The molecule has 0 radical (unpaired) electrons. The summed E-state index contributed by atoms with van der Waals surface area (Å²) in [4.78, 5) is 26.6. The van der Waals surface area contributed by atoms with Gasteiger partial charge in [-0.15, -0.1) is 0 Å². The minimum atomic E-state index is -0.445. The quantitative estimate of drug-likeness (QED) is 0.849. The van der Waals surface area contributed by atoms with Crippen molar-refractivity contribution in [3.05, 3.63) is 29.8 Å². The molecule has 0 heterocycles. The maximum Gasteiger partial charge on any atom is 0.309 e. The molecule has 1 aromatic rings. The highest BCUT2D eigenvalue weighted by molar-refractivity contribution is 5.95. The molecule has 0 bridgehead atoms. The van der Waals surface area contributed by atoms with E-state index >= 15 is 0 Å². The summed E-state index contributed by atoms with van der Waals surface area (Å²) in [6.07, 6.45) is 3.14. The van der Waals surface area contributed by atoms with E-state index < -0.39 is 5.60 Å². The number of nitrogens with zero attached hydrogens (tertiary/aromatic N) is 1. The molecular formula is C20H30N2O3. The van der Waals surface area contributed by atoms with Gasteiger partial charge in [-0.05, 0) is 64.7 Å². The zero-order chi connectivity index (χ0) is 18.6. The fraction of sp³-hybridized carbons (Fsp3) is 0.600.